The first-order chi connectivity index (χ1) is 11.8. The van der Waals surface area contributed by atoms with Crippen molar-refractivity contribution in [1.29, 1.82) is 0 Å². The van der Waals surface area contributed by atoms with Crippen LogP contribution in [0.15, 0.2) is 48.2 Å². The van der Waals surface area contributed by atoms with E-state index in [0.29, 0.717) is 5.56 Å². The Morgan fingerprint density at radius 2 is 1.88 bits per heavy atom. The van der Waals surface area contributed by atoms with Crippen LogP contribution in [-0.2, 0) is 4.79 Å². The molecule has 1 aromatic heterocycles. The van der Waals surface area contributed by atoms with Crippen LogP contribution in [0.1, 0.15) is 38.1 Å². The maximum absolute atomic E-state index is 12.5. The predicted octanol–water partition coefficient (Wildman–Crippen LogP) is 3.23. The average molecular weight is 337 g/mol. The van der Waals surface area contributed by atoms with Gasteiger partial charge in [-0.25, -0.2) is 0 Å². The topological polar surface area (TPSA) is 71.1 Å². The van der Waals surface area contributed by atoms with E-state index in [0.717, 1.165) is 10.9 Å². The van der Waals surface area contributed by atoms with Crippen LogP contribution in [0, 0.1) is 17.3 Å². The van der Waals surface area contributed by atoms with E-state index in [2.05, 4.69) is 35.8 Å². The molecule has 3 rings (SSSR count). The van der Waals surface area contributed by atoms with Gasteiger partial charge in [0.15, 0.2) is 0 Å². The fourth-order valence-electron chi connectivity index (χ4n) is 3.41. The molecule has 1 fully saturated rings. The molecular weight excluding hydrogens is 314 g/mol. The molecule has 2 unspecified atom stereocenters. The predicted molar refractivity (Wildman–Crippen MR) is 97.5 cm³/mol. The molecule has 1 aliphatic rings. The number of benzene rings is 1. The van der Waals surface area contributed by atoms with Crippen molar-refractivity contribution in [2.75, 3.05) is 0 Å². The van der Waals surface area contributed by atoms with Gasteiger partial charge < -0.3 is 0 Å². The number of allylic oxidation sites excluding steroid dienone is 2. The zero-order chi connectivity index (χ0) is 18.2. The van der Waals surface area contributed by atoms with E-state index < -0.39 is 0 Å². The number of carbonyl (C=O) groups excluding carboxylic acids is 2. The fraction of sp³-hybridized carbons (Fsp3) is 0.350. The highest BCUT2D eigenvalue weighted by Gasteiger charge is 2.60. The summed E-state index contributed by atoms with van der Waals surface area (Å²) in [6.45, 7) is 8.19. The molecule has 2 atom stereocenters. The SMILES string of the molecule is CC(C)=CC1C(C(=O)NNC(=O)c2cccc3ncccc23)C1(C)C. The number of nitrogens with zero attached hydrogens (tertiary/aromatic N) is 1. The molecule has 1 heterocycles. The summed E-state index contributed by atoms with van der Waals surface area (Å²) < 4.78 is 0. The van der Waals surface area contributed by atoms with Crippen LogP contribution in [0.5, 0.6) is 0 Å². The summed E-state index contributed by atoms with van der Waals surface area (Å²) in [7, 11) is 0. The second-order valence-electron chi connectivity index (χ2n) is 7.39. The molecule has 2 amide bonds. The van der Waals surface area contributed by atoms with Crippen molar-refractivity contribution in [1.82, 2.24) is 15.8 Å². The van der Waals surface area contributed by atoms with Crippen molar-refractivity contribution in [2.24, 2.45) is 17.3 Å². The number of hydrogen-bond acceptors (Lipinski definition) is 3. The summed E-state index contributed by atoms with van der Waals surface area (Å²) in [5.41, 5.74) is 7.45. The minimum atomic E-state index is -0.343. The highest BCUT2D eigenvalue weighted by Crippen LogP contribution is 2.59. The van der Waals surface area contributed by atoms with Gasteiger partial charge in [0.2, 0.25) is 5.91 Å². The van der Waals surface area contributed by atoms with Crippen molar-refractivity contribution in [2.45, 2.75) is 27.7 Å². The molecule has 1 aromatic carbocycles. The van der Waals surface area contributed by atoms with Crippen LogP contribution in [0.2, 0.25) is 0 Å². The third-order valence-electron chi connectivity index (χ3n) is 4.90. The summed E-state index contributed by atoms with van der Waals surface area (Å²) in [5, 5.41) is 0.755. The van der Waals surface area contributed by atoms with Crippen LogP contribution in [-0.4, -0.2) is 16.8 Å². The smallest absolute Gasteiger partial charge is 0.270 e. The Labute approximate surface area is 147 Å². The lowest BCUT2D eigenvalue weighted by molar-refractivity contribution is -0.123. The summed E-state index contributed by atoms with van der Waals surface area (Å²) in [6, 6.07) is 8.98. The van der Waals surface area contributed by atoms with Gasteiger partial charge in [0.25, 0.3) is 5.91 Å². The number of hydrogen-bond donors (Lipinski definition) is 2. The molecule has 1 aliphatic carbocycles. The Bertz CT molecular complexity index is 861. The van der Waals surface area contributed by atoms with Gasteiger partial charge in [-0.05, 0) is 43.4 Å². The van der Waals surface area contributed by atoms with Gasteiger partial charge >= 0.3 is 0 Å². The van der Waals surface area contributed by atoms with Crippen LogP contribution >= 0.6 is 0 Å². The Morgan fingerprint density at radius 3 is 2.60 bits per heavy atom. The Morgan fingerprint density at radius 1 is 1.12 bits per heavy atom. The molecule has 0 spiro atoms. The summed E-state index contributed by atoms with van der Waals surface area (Å²) >= 11 is 0. The standard InChI is InChI=1S/C20H23N3O2/c1-12(2)11-15-17(20(15,3)4)19(25)23-22-18(24)14-7-5-9-16-13(14)8-6-10-21-16/h5-11,15,17H,1-4H3,(H,22,24)(H,23,25). The zero-order valence-electron chi connectivity index (χ0n) is 15.0. The first-order valence-corrected chi connectivity index (χ1v) is 8.41. The van der Waals surface area contributed by atoms with Crippen molar-refractivity contribution >= 4 is 22.7 Å². The lowest BCUT2D eigenvalue weighted by Crippen LogP contribution is -2.43. The third-order valence-corrected chi connectivity index (χ3v) is 4.90. The normalized spacial score (nSPS) is 20.6. The van der Waals surface area contributed by atoms with Crippen LogP contribution in [0.25, 0.3) is 10.9 Å². The number of aromatic nitrogens is 1. The Kier molecular flexibility index (Phi) is 4.33. The third kappa shape index (κ3) is 3.27. The second kappa shape index (κ2) is 6.31. The largest absolute Gasteiger partial charge is 0.273 e. The first kappa shape index (κ1) is 17.1. The average Bonchev–Trinajstić information content (AvgIpc) is 3.11. The lowest BCUT2D eigenvalue weighted by atomic mass is 10.1. The molecule has 0 bridgehead atoms. The lowest BCUT2D eigenvalue weighted by Gasteiger charge is -2.09. The summed E-state index contributed by atoms with van der Waals surface area (Å²) in [5.74, 6) is -0.420. The van der Waals surface area contributed by atoms with Gasteiger partial charge in [-0.15, -0.1) is 0 Å². The molecule has 0 aliphatic heterocycles. The zero-order valence-corrected chi connectivity index (χ0v) is 15.0. The first-order valence-electron chi connectivity index (χ1n) is 8.41. The molecule has 25 heavy (non-hydrogen) atoms. The van der Waals surface area contributed by atoms with E-state index in [4.69, 9.17) is 0 Å². The van der Waals surface area contributed by atoms with E-state index in [9.17, 15) is 9.59 Å². The highest BCUT2D eigenvalue weighted by molar-refractivity contribution is 6.06. The van der Waals surface area contributed by atoms with E-state index in [1.807, 2.05) is 26.0 Å². The number of hydrazine groups is 1. The number of fused-ring (bicyclic) bond motifs is 1. The van der Waals surface area contributed by atoms with Crippen LogP contribution < -0.4 is 10.9 Å². The molecule has 2 aromatic rings. The molecule has 1 saturated carbocycles. The number of pyridine rings is 1. The van der Waals surface area contributed by atoms with E-state index in [1.165, 1.54) is 5.57 Å². The van der Waals surface area contributed by atoms with Gasteiger partial charge in [-0.1, -0.05) is 37.6 Å². The molecule has 2 N–H and O–H groups in total. The number of carbonyl (C=O) groups is 2. The molecule has 5 heteroatoms. The molecule has 5 nitrogen and oxygen atoms in total. The minimum Gasteiger partial charge on any atom is -0.273 e. The fourth-order valence-corrected chi connectivity index (χ4v) is 3.41. The summed E-state index contributed by atoms with van der Waals surface area (Å²) in [6.07, 6.45) is 3.81. The van der Waals surface area contributed by atoms with Crippen molar-refractivity contribution < 1.29 is 9.59 Å². The van der Waals surface area contributed by atoms with Crippen LogP contribution in [0.3, 0.4) is 0 Å². The number of nitrogens with one attached hydrogen (secondary N) is 2. The van der Waals surface area contributed by atoms with E-state index in [-0.39, 0.29) is 29.1 Å². The maximum atomic E-state index is 12.5. The monoisotopic (exact) mass is 337 g/mol. The maximum Gasteiger partial charge on any atom is 0.270 e. The second-order valence-corrected chi connectivity index (χ2v) is 7.39. The van der Waals surface area contributed by atoms with Crippen molar-refractivity contribution in [3.63, 3.8) is 0 Å². The van der Waals surface area contributed by atoms with Crippen molar-refractivity contribution in [3.8, 4) is 0 Å². The number of amides is 2. The molecule has 130 valence electrons. The Balaban J connectivity index is 1.69. The molecule has 0 saturated heterocycles. The molecule has 0 radical (unpaired) electrons. The van der Waals surface area contributed by atoms with E-state index in [1.54, 1.807) is 24.4 Å². The van der Waals surface area contributed by atoms with Gasteiger partial charge in [-0.3, -0.25) is 25.4 Å². The van der Waals surface area contributed by atoms with E-state index >= 15 is 0 Å². The minimum absolute atomic E-state index is 0.0879. The molecular formula is C20H23N3O2. The van der Waals surface area contributed by atoms with Gasteiger partial charge in [-0.2, -0.15) is 0 Å². The quantitative estimate of drug-likeness (QED) is 0.667. The van der Waals surface area contributed by atoms with Gasteiger partial charge in [0.05, 0.1) is 17.0 Å². The number of rotatable bonds is 3. The highest BCUT2D eigenvalue weighted by atomic mass is 16.2. The Hall–Kier alpha value is -2.69. The summed E-state index contributed by atoms with van der Waals surface area (Å²) in [4.78, 5) is 29.1. The van der Waals surface area contributed by atoms with Gasteiger partial charge in [0.1, 0.15) is 0 Å². The van der Waals surface area contributed by atoms with Gasteiger partial charge in [0, 0.05) is 11.6 Å². The van der Waals surface area contributed by atoms with Crippen molar-refractivity contribution in [3.05, 3.63) is 53.7 Å². The van der Waals surface area contributed by atoms with Crippen LogP contribution in [0.4, 0.5) is 0 Å².